The van der Waals surface area contributed by atoms with Crippen LogP contribution in [0.2, 0.25) is 0 Å². The van der Waals surface area contributed by atoms with Gasteiger partial charge >= 0.3 is 5.97 Å². The van der Waals surface area contributed by atoms with E-state index in [0.717, 1.165) is 12.1 Å². The Kier molecular flexibility index (Phi) is 3.85. The maximum atomic E-state index is 11.0. The van der Waals surface area contributed by atoms with Gasteiger partial charge in [-0.05, 0) is 25.5 Å². The van der Waals surface area contributed by atoms with Crippen molar-refractivity contribution in [1.82, 2.24) is 9.78 Å². The molecule has 1 aromatic carbocycles. The van der Waals surface area contributed by atoms with E-state index in [1.807, 2.05) is 31.2 Å². The molecule has 0 saturated heterocycles. The lowest BCUT2D eigenvalue weighted by Crippen LogP contribution is -2.05. The normalized spacial score (nSPS) is 10.4. The van der Waals surface area contributed by atoms with Crippen molar-refractivity contribution in [2.24, 2.45) is 0 Å². The fourth-order valence-corrected chi connectivity index (χ4v) is 1.83. The zero-order valence-corrected chi connectivity index (χ0v) is 11.0. The monoisotopic (exact) mass is 260 g/mol. The predicted octanol–water partition coefficient (Wildman–Crippen LogP) is 2.67. The first kappa shape index (κ1) is 13.1. The van der Waals surface area contributed by atoms with E-state index in [0.29, 0.717) is 18.1 Å². The summed E-state index contributed by atoms with van der Waals surface area (Å²) in [5, 5.41) is 13.2. The first-order valence-corrected chi connectivity index (χ1v) is 6.15. The van der Waals surface area contributed by atoms with Crippen LogP contribution in [-0.4, -0.2) is 27.5 Å². The molecule has 2 aromatic rings. The van der Waals surface area contributed by atoms with E-state index in [2.05, 4.69) is 5.10 Å². The molecule has 100 valence electrons. The van der Waals surface area contributed by atoms with Gasteiger partial charge in [0.25, 0.3) is 0 Å². The summed E-state index contributed by atoms with van der Waals surface area (Å²) in [4.78, 5) is 11.0. The van der Waals surface area contributed by atoms with Crippen molar-refractivity contribution in [2.75, 3.05) is 6.61 Å². The minimum Gasteiger partial charge on any atom is -0.491 e. The minimum absolute atomic E-state index is 0.199. The van der Waals surface area contributed by atoms with E-state index in [1.165, 1.54) is 6.20 Å². The molecule has 5 heteroatoms. The third-order valence-electron chi connectivity index (χ3n) is 2.80. The molecule has 0 aliphatic carbocycles. The van der Waals surface area contributed by atoms with Crippen molar-refractivity contribution < 1.29 is 14.6 Å². The molecule has 1 N–H and O–H groups in total. The average Bonchev–Trinajstić information content (AvgIpc) is 2.78. The molecule has 19 heavy (non-hydrogen) atoms. The van der Waals surface area contributed by atoms with E-state index in [4.69, 9.17) is 9.84 Å². The third-order valence-corrected chi connectivity index (χ3v) is 2.80. The summed E-state index contributed by atoms with van der Waals surface area (Å²) in [6.07, 6.45) is 2.26. The van der Waals surface area contributed by atoms with Crippen LogP contribution in [0.5, 0.6) is 5.75 Å². The van der Waals surface area contributed by atoms with Crippen LogP contribution in [0, 0.1) is 6.92 Å². The zero-order valence-electron chi connectivity index (χ0n) is 11.0. The lowest BCUT2D eigenvalue weighted by Gasteiger charge is -2.12. The van der Waals surface area contributed by atoms with Gasteiger partial charge in [0.15, 0.2) is 0 Å². The van der Waals surface area contributed by atoms with Gasteiger partial charge < -0.3 is 9.84 Å². The number of para-hydroxylation sites is 2. The number of hydrogen-bond donors (Lipinski definition) is 1. The molecule has 2 rings (SSSR count). The molecule has 1 heterocycles. The lowest BCUT2D eigenvalue weighted by atomic mass is 10.2. The van der Waals surface area contributed by atoms with Crippen molar-refractivity contribution in [3.63, 3.8) is 0 Å². The van der Waals surface area contributed by atoms with Gasteiger partial charge in [0.2, 0.25) is 0 Å². The molecular weight excluding hydrogens is 244 g/mol. The van der Waals surface area contributed by atoms with Gasteiger partial charge in [-0.3, -0.25) is 0 Å². The number of rotatable bonds is 5. The molecule has 0 aliphatic heterocycles. The van der Waals surface area contributed by atoms with Crippen molar-refractivity contribution in [3.8, 4) is 11.4 Å². The number of benzene rings is 1. The van der Waals surface area contributed by atoms with Crippen molar-refractivity contribution in [1.29, 1.82) is 0 Å². The van der Waals surface area contributed by atoms with Crippen LogP contribution in [0.3, 0.4) is 0 Å². The summed E-state index contributed by atoms with van der Waals surface area (Å²) in [5.41, 5.74) is 1.53. The Morgan fingerprint density at radius 3 is 2.79 bits per heavy atom. The fourth-order valence-electron chi connectivity index (χ4n) is 1.83. The standard InChI is InChI=1S/C14H16N2O3/c1-3-8-19-13-7-5-4-6-12(13)16-10(2)11(9-15-16)14(17)18/h4-7,9H,3,8H2,1-2H3,(H,17,18). The van der Waals surface area contributed by atoms with Crippen LogP contribution in [-0.2, 0) is 0 Å². The highest BCUT2D eigenvalue weighted by Gasteiger charge is 2.15. The van der Waals surface area contributed by atoms with Gasteiger partial charge in [0.05, 0.1) is 18.5 Å². The molecule has 5 nitrogen and oxygen atoms in total. The molecule has 0 fully saturated rings. The highest BCUT2D eigenvalue weighted by atomic mass is 16.5. The Balaban J connectivity index is 2.44. The summed E-state index contributed by atoms with van der Waals surface area (Å²) < 4.78 is 7.25. The van der Waals surface area contributed by atoms with Crippen LogP contribution in [0.15, 0.2) is 30.5 Å². The molecular formula is C14H16N2O3. The van der Waals surface area contributed by atoms with Gasteiger partial charge in [0, 0.05) is 0 Å². The lowest BCUT2D eigenvalue weighted by molar-refractivity contribution is 0.0696. The van der Waals surface area contributed by atoms with Crippen molar-refractivity contribution >= 4 is 5.97 Å². The van der Waals surface area contributed by atoms with Crippen molar-refractivity contribution in [3.05, 3.63) is 41.7 Å². The Morgan fingerprint density at radius 2 is 2.16 bits per heavy atom. The van der Waals surface area contributed by atoms with E-state index < -0.39 is 5.97 Å². The van der Waals surface area contributed by atoms with E-state index in [9.17, 15) is 4.79 Å². The van der Waals surface area contributed by atoms with E-state index >= 15 is 0 Å². The number of aromatic carboxylic acids is 1. The van der Waals surface area contributed by atoms with Gasteiger partial charge in [-0.1, -0.05) is 19.1 Å². The minimum atomic E-state index is -0.976. The summed E-state index contributed by atoms with van der Waals surface area (Å²) >= 11 is 0. The number of hydrogen-bond acceptors (Lipinski definition) is 3. The average molecular weight is 260 g/mol. The topological polar surface area (TPSA) is 64.4 Å². The first-order valence-electron chi connectivity index (χ1n) is 6.15. The molecule has 0 unspecified atom stereocenters. The maximum absolute atomic E-state index is 11.0. The summed E-state index contributed by atoms with van der Waals surface area (Å²) in [7, 11) is 0. The molecule has 0 bridgehead atoms. The van der Waals surface area contributed by atoms with Crippen LogP contribution >= 0.6 is 0 Å². The SMILES string of the molecule is CCCOc1ccccc1-n1ncc(C(=O)O)c1C. The molecule has 0 saturated carbocycles. The van der Waals surface area contributed by atoms with Crippen LogP contribution in [0.4, 0.5) is 0 Å². The fraction of sp³-hybridized carbons (Fsp3) is 0.286. The molecule has 0 spiro atoms. The van der Waals surface area contributed by atoms with Crippen LogP contribution in [0.1, 0.15) is 29.4 Å². The zero-order chi connectivity index (χ0) is 13.8. The number of carboxylic acid groups (broad SMARTS) is 1. The third kappa shape index (κ3) is 2.59. The second kappa shape index (κ2) is 5.56. The summed E-state index contributed by atoms with van der Waals surface area (Å²) in [6.45, 7) is 4.38. The number of carboxylic acids is 1. The number of ether oxygens (including phenoxy) is 1. The van der Waals surface area contributed by atoms with Gasteiger partial charge in [-0.15, -0.1) is 0 Å². The number of aromatic nitrogens is 2. The maximum Gasteiger partial charge on any atom is 0.339 e. The molecule has 1 aromatic heterocycles. The summed E-state index contributed by atoms with van der Waals surface area (Å²) in [5.74, 6) is -0.275. The van der Waals surface area contributed by atoms with Gasteiger partial charge in [-0.2, -0.15) is 5.10 Å². The summed E-state index contributed by atoms with van der Waals surface area (Å²) in [6, 6.07) is 7.46. The van der Waals surface area contributed by atoms with E-state index in [-0.39, 0.29) is 5.56 Å². The second-order valence-corrected chi connectivity index (χ2v) is 4.18. The molecule has 0 aliphatic rings. The Labute approximate surface area is 111 Å². The highest BCUT2D eigenvalue weighted by Crippen LogP contribution is 2.24. The van der Waals surface area contributed by atoms with E-state index in [1.54, 1.807) is 11.6 Å². The van der Waals surface area contributed by atoms with Crippen LogP contribution in [0.25, 0.3) is 5.69 Å². The molecule has 0 amide bonds. The smallest absolute Gasteiger partial charge is 0.339 e. The Morgan fingerprint density at radius 1 is 1.42 bits per heavy atom. The van der Waals surface area contributed by atoms with Gasteiger partial charge in [0.1, 0.15) is 17.0 Å². The van der Waals surface area contributed by atoms with Crippen molar-refractivity contribution in [2.45, 2.75) is 20.3 Å². The molecule has 0 radical (unpaired) electrons. The first-order chi connectivity index (χ1) is 9.15. The second-order valence-electron chi connectivity index (χ2n) is 4.18. The quantitative estimate of drug-likeness (QED) is 0.897. The largest absolute Gasteiger partial charge is 0.491 e. The van der Waals surface area contributed by atoms with Gasteiger partial charge in [-0.25, -0.2) is 9.48 Å². The molecule has 0 atom stereocenters. The Hall–Kier alpha value is -2.30. The number of nitrogens with zero attached hydrogens (tertiary/aromatic N) is 2. The number of carbonyl (C=O) groups is 1. The predicted molar refractivity (Wildman–Crippen MR) is 71.0 cm³/mol. The Bertz CT molecular complexity index is 590. The van der Waals surface area contributed by atoms with Crippen LogP contribution < -0.4 is 4.74 Å². The highest BCUT2D eigenvalue weighted by molar-refractivity contribution is 5.88.